The Hall–Kier alpha value is -0.863. The molecule has 0 aliphatic carbocycles. The van der Waals surface area contributed by atoms with Crippen LogP contribution in [-0.2, 0) is 0 Å². The van der Waals surface area contributed by atoms with Gasteiger partial charge in [0.2, 0.25) is 0 Å². The van der Waals surface area contributed by atoms with E-state index in [2.05, 4.69) is 39.6 Å². The third kappa shape index (κ3) is 3.82. The van der Waals surface area contributed by atoms with Crippen molar-refractivity contribution in [3.8, 4) is 0 Å². The molecule has 0 fully saturated rings. The number of benzene rings is 1. The van der Waals surface area contributed by atoms with Gasteiger partial charge in [0, 0.05) is 0 Å². The van der Waals surface area contributed by atoms with Crippen LogP contribution in [0.3, 0.4) is 0 Å². The maximum Gasteiger partial charge on any atom is 0.0968 e. The van der Waals surface area contributed by atoms with Crippen molar-refractivity contribution in [2.24, 2.45) is 0 Å². The number of hydrogen-bond donors (Lipinski definition) is 1. The summed E-state index contributed by atoms with van der Waals surface area (Å²) in [5.74, 6) is 0. The van der Waals surface area contributed by atoms with E-state index in [1.165, 1.54) is 0 Å². The summed E-state index contributed by atoms with van der Waals surface area (Å²) in [5, 5.41) is 10.4. The highest BCUT2D eigenvalue weighted by Crippen LogP contribution is 2.37. The fraction of sp³-hybridized carbons (Fsp3) is 0.467. The maximum atomic E-state index is 10.1. The molecule has 0 aromatic heterocycles. The van der Waals surface area contributed by atoms with E-state index >= 15 is 0 Å². The molecule has 0 aliphatic rings. The van der Waals surface area contributed by atoms with Gasteiger partial charge in [-0.3, -0.25) is 0 Å². The molecule has 1 N–H and O–H groups in total. The smallest absolute Gasteiger partial charge is 0.0968 e. The van der Waals surface area contributed by atoms with Gasteiger partial charge >= 0.3 is 0 Å². The molecule has 1 nitrogen and oxygen atoms in total. The summed E-state index contributed by atoms with van der Waals surface area (Å²) < 4.78 is 0. The molecule has 0 saturated carbocycles. The van der Waals surface area contributed by atoms with Crippen LogP contribution in [0.5, 0.6) is 0 Å². The lowest BCUT2D eigenvalue weighted by Crippen LogP contribution is -2.35. The lowest BCUT2D eigenvalue weighted by molar-refractivity contribution is 0.229. The SMILES string of the molecule is CC(C)(C)[Si](C)(C)/C=C/C(O)c1ccccc1. The molecule has 0 spiro atoms. The third-order valence-electron chi connectivity index (χ3n) is 3.77. The average Bonchev–Trinajstić information content (AvgIpc) is 2.25. The van der Waals surface area contributed by atoms with E-state index in [-0.39, 0.29) is 0 Å². The van der Waals surface area contributed by atoms with E-state index in [1.807, 2.05) is 36.4 Å². The summed E-state index contributed by atoms with van der Waals surface area (Å²) in [7, 11) is -1.44. The van der Waals surface area contributed by atoms with Gasteiger partial charge in [-0.1, -0.05) is 76.0 Å². The van der Waals surface area contributed by atoms with Crippen molar-refractivity contribution in [1.29, 1.82) is 0 Å². The van der Waals surface area contributed by atoms with E-state index in [9.17, 15) is 5.11 Å². The molecule has 94 valence electrons. The Morgan fingerprint density at radius 2 is 1.65 bits per heavy atom. The molecule has 1 atom stereocenters. The van der Waals surface area contributed by atoms with Gasteiger partial charge in [0.15, 0.2) is 0 Å². The van der Waals surface area contributed by atoms with E-state index in [0.717, 1.165) is 5.56 Å². The van der Waals surface area contributed by atoms with Crippen LogP contribution in [0.4, 0.5) is 0 Å². The molecule has 1 aromatic carbocycles. The highest BCUT2D eigenvalue weighted by molar-refractivity contribution is 6.84. The van der Waals surface area contributed by atoms with Crippen LogP contribution < -0.4 is 0 Å². The first-order valence-electron chi connectivity index (χ1n) is 6.16. The van der Waals surface area contributed by atoms with Crippen molar-refractivity contribution in [3.05, 3.63) is 47.7 Å². The molecular weight excluding hydrogens is 224 g/mol. The molecule has 1 rings (SSSR count). The minimum absolute atomic E-state index is 0.319. The second-order valence-electron chi connectivity index (χ2n) is 6.19. The first kappa shape index (κ1) is 14.2. The van der Waals surface area contributed by atoms with Crippen molar-refractivity contribution in [2.75, 3.05) is 0 Å². The van der Waals surface area contributed by atoms with Gasteiger partial charge in [-0.15, -0.1) is 0 Å². The van der Waals surface area contributed by atoms with Crippen molar-refractivity contribution in [1.82, 2.24) is 0 Å². The first-order chi connectivity index (χ1) is 7.74. The average molecular weight is 248 g/mol. The first-order valence-corrected chi connectivity index (χ1v) is 9.24. The lowest BCUT2D eigenvalue weighted by atomic mass is 10.1. The minimum Gasteiger partial charge on any atom is -0.384 e. The molecule has 1 aromatic rings. The summed E-state index contributed by atoms with van der Waals surface area (Å²) in [5.41, 5.74) is 3.22. The molecule has 17 heavy (non-hydrogen) atoms. The van der Waals surface area contributed by atoms with Crippen LogP contribution in [-0.4, -0.2) is 13.2 Å². The van der Waals surface area contributed by atoms with E-state index < -0.39 is 14.2 Å². The molecular formula is C15H24OSi. The normalized spacial score (nSPS) is 15.2. The molecule has 0 amide bonds. The Morgan fingerprint density at radius 3 is 2.12 bits per heavy atom. The number of aliphatic hydroxyl groups is 1. The lowest BCUT2D eigenvalue weighted by Gasteiger charge is -2.34. The van der Waals surface area contributed by atoms with Crippen LogP contribution in [0, 0.1) is 0 Å². The van der Waals surface area contributed by atoms with Gasteiger partial charge in [-0.25, -0.2) is 0 Å². The third-order valence-corrected chi connectivity index (χ3v) is 8.66. The Balaban J connectivity index is 2.79. The van der Waals surface area contributed by atoms with Gasteiger partial charge in [0.1, 0.15) is 0 Å². The summed E-state index contributed by atoms with van der Waals surface area (Å²) in [6.45, 7) is 11.5. The van der Waals surface area contributed by atoms with Gasteiger partial charge in [-0.05, 0) is 10.6 Å². The molecule has 0 heterocycles. The minimum atomic E-state index is -1.44. The quantitative estimate of drug-likeness (QED) is 0.790. The Labute approximate surface area is 106 Å². The van der Waals surface area contributed by atoms with Crippen LogP contribution in [0.15, 0.2) is 42.1 Å². The Morgan fingerprint density at radius 1 is 1.12 bits per heavy atom. The monoisotopic (exact) mass is 248 g/mol. The van der Waals surface area contributed by atoms with Crippen molar-refractivity contribution in [2.45, 2.75) is 45.0 Å². The van der Waals surface area contributed by atoms with Gasteiger partial charge in [-0.2, -0.15) is 0 Å². The summed E-state index contributed by atoms with van der Waals surface area (Å²) in [6, 6.07) is 9.80. The molecule has 0 radical (unpaired) electrons. The summed E-state index contributed by atoms with van der Waals surface area (Å²) in [4.78, 5) is 0. The summed E-state index contributed by atoms with van der Waals surface area (Å²) >= 11 is 0. The fourth-order valence-corrected chi connectivity index (χ4v) is 2.51. The second kappa shape index (κ2) is 5.19. The maximum absolute atomic E-state index is 10.1. The van der Waals surface area contributed by atoms with Crippen LogP contribution in [0.2, 0.25) is 18.1 Å². The number of aliphatic hydroxyl groups excluding tert-OH is 1. The van der Waals surface area contributed by atoms with Crippen LogP contribution in [0.25, 0.3) is 0 Å². The Kier molecular flexibility index (Phi) is 4.34. The fourth-order valence-electron chi connectivity index (χ4n) is 1.34. The molecule has 0 aliphatic heterocycles. The molecule has 0 bridgehead atoms. The van der Waals surface area contributed by atoms with Crippen LogP contribution in [0.1, 0.15) is 32.4 Å². The number of hydrogen-bond acceptors (Lipinski definition) is 1. The van der Waals surface area contributed by atoms with Crippen LogP contribution >= 0.6 is 0 Å². The van der Waals surface area contributed by atoms with Crippen molar-refractivity contribution >= 4 is 8.07 Å². The van der Waals surface area contributed by atoms with Crippen molar-refractivity contribution < 1.29 is 5.11 Å². The second-order valence-corrected chi connectivity index (χ2v) is 11.5. The zero-order chi connectivity index (χ0) is 13.1. The molecule has 0 saturated heterocycles. The zero-order valence-electron chi connectivity index (χ0n) is 11.6. The predicted octanol–water partition coefficient (Wildman–Crippen LogP) is 4.32. The van der Waals surface area contributed by atoms with Gasteiger partial charge < -0.3 is 5.11 Å². The highest BCUT2D eigenvalue weighted by Gasteiger charge is 2.32. The van der Waals surface area contributed by atoms with E-state index in [1.54, 1.807) is 0 Å². The van der Waals surface area contributed by atoms with Gasteiger partial charge in [0.25, 0.3) is 0 Å². The standard InChI is InChI=1S/C15H24OSi/c1-15(2,3)17(4,5)12-11-14(16)13-9-7-6-8-10-13/h6-12,14,16H,1-5H3/b12-11+. The largest absolute Gasteiger partial charge is 0.384 e. The number of rotatable bonds is 3. The van der Waals surface area contributed by atoms with E-state index in [0.29, 0.717) is 5.04 Å². The molecule has 1 unspecified atom stereocenters. The van der Waals surface area contributed by atoms with Crippen molar-refractivity contribution in [3.63, 3.8) is 0 Å². The highest BCUT2D eigenvalue weighted by atomic mass is 28.3. The van der Waals surface area contributed by atoms with E-state index in [4.69, 9.17) is 0 Å². The molecule has 2 heteroatoms. The Bertz CT molecular complexity index is 374. The van der Waals surface area contributed by atoms with Gasteiger partial charge in [0.05, 0.1) is 14.2 Å². The topological polar surface area (TPSA) is 20.2 Å². The summed E-state index contributed by atoms with van der Waals surface area (Å²) in [6.07, 6.45) is 1.47. The predicted molar refractivity (Wildman–Crippen MR) is 77.7 cm³/mol. The zero-order valence-corrected chi connectivity index (χ0v) is 12.6.